The summed E-state index contributed by atoms with van der Waals surface area (Å²) < 4.78 is 5.58. The van der Waals surface area contributed by atoms with Crippen LogP contribution in [0, 0.1) is 0 Å². The van der Waals surface area contributed by atoms with Gasteiger partial charge in [0.1, 0.15) is 5.75 Å². The lowest BCUT2D eigenvalue weighted by atomic mass is 10.1. The summed E-state index contributed by atoms with van der Waals surface area (Å²) in [5, 5.41) is 0. The molecule has 82 valence electrons. The Labute approximate surface area is 91.4 Å². The van der Waals surface area contributed by atoms with E-state index in [9.17, 15) is 0 Å². The van der Waals surface area contributed by atoms with Gasteiger partial charge in [0.15, 0.2) is 0 Å². The molecule has 0 amide bonds. The van der Waals surface area contributed by atoms with Gasteiger partial charge >= 0.3 is 0 Å². The maximum absolute atomic E-state index is 6.07. The molecular formula is C13H19NO. The van der Waals surface area contributed by atoms with E-state index in [2.05, 4.69) is 12.1 Å². The zero-order valence-corrected chi connectivity index (χ0v) is 9.49. The highest BCUT2D eigenvalue weighted by Gasteiger charge is 2.37. The second kappa shape index (κ2) is 3.86. The summed E-state index contributed by atoms with van der Waals surface area (Å²) >= 11 is 0. The molecule has 0 bridgehead atoms. The quantitative estimate of drug-likeness (QED) is 0.819. The van der Waals surface area contributed by atoms with Gasteiger partial charge in [-0.25, -0.2) is 0 Å². The summed E-state index contributed by atoms with van der Waals surface area (Å²) in [6.07, 6.45) is 3.56. The van der Waals surface area contributed by atoms with Gasteiger partial charge in [0, 0.05) is 5.54 Å². The van der Waals surface area contributed by atoms with Gasteiger partial charge in [0.2, 0.25) is 0 Å². The lowest BCUT2D eigenvalue weighted by Crippen LogP contribution is -2.24. The van der Waals surface area contributed by atoms with Gasteiger partial charge in [-0.1, -0.05) is 12.1 Å². The third-order valence-corrected chi connectivity index (χ3v) is 2.74. The van der Waals surface area contributed by atoms with Crippen molar-refractivity contribution in [1.29, 1.82) is 0 Å². The Morgan fingerprint density at radius 1 is 1.27 bits per heavy atom. The monoisotopic (exact) mass is 205 g/mol. The molecule has 0 spiro atoms. The maximum Gasteiger partial charge on any atom is 0.119 e. The summed E-state index contributed by atoms with van der Waals surface area (Å²) in [7, 11) is 0. The third kappa shape index (κ3) is 2.96. The van der Waals surface area contributed by atoms with E-state index in [0.29, 0.717) is 0 Å². The number of hydrogen-bond acceptors (Lipinski definition) is 2. The van der Waals surface area contributed by atoms with Crippen LogP contribution in [0.5, 0.6) is 5.75 Å². The first-order valence-corrected chi connectivity index (χ1v) is 5.62. The molecule has 2 nitrogen and oxygen atoms in total. The fraction of sp³-hybridized carbons (Fsp3) is 0.538. The number of nitrogens with two attached hydrogens (primary N) is 1. The summed E-state index contributed by atoms with van der Waals surface area (Å²) in [4.78, 5) is 0. The minimum absolute atomic E-state index is 0.0976. The average Bonchev–Trinajstić information content (AvgIpc) is 2.86. The Balaban J connectivity index is 1.97. The van der Waals surface area contributed by atoms with E-state index in [4.69, 9.17) is 10.5 Å². The van der Waals surface area contributed by atoms with Crippen LogP contribution in [0.25, 0.3) is 0 Å². The maximum atomic E-state index is 6.07. The molecule has 1 aromatic carbocycles. The van der Waals surface area contributed by atoms with Crippen LogP contribution < -0.4 is 10.5 Å². The Bertz CT molecular complexity index is 325. The van der Waals surface area contributed by atoms with Crippen molar-refractivity contribution in [2.75, 3.05) is 0 Å². The predicted molar refractivity (Wildman–Crippen MR) is 62.1 cm³/mol. The molecule has 0 heterocycles. The summed E-state index contributed by atoms with van der Waals surface area (Å²) in [6, 6.07) is 8.29. The van der Waals surface area contributed by atoms with E-state index in [0.717, 1.165) is 25.0 Å². The minimum atomic E-state index is 0.0976. The van der Waals surface area contributed by atoms with Gasteiger partial charge in [-0.2, -0.15) is 0 Å². The predicted octanol–water partition coefficient (Wildman–Crippen LogP) is 2.51. The van der Waals surface area contributed by atoms with Crippen LogP contribution in [0.3, 0.4) is 0 Å². The van der Waals surface area contributed by atoms with Crippen molar-refractivity contribution < 1.29 is 4.74 Å². The Morgan fingerprint density at radius 3 is 2.33 bits per heavy atom. The molecule has 0 aliphatic heterocycles. The zero-order chi connectivity index (χ0) is 10.9. The first-order chi connectivity index (χ1) is 7.07. The molecule has 1 aromatic rings. The number of ether oxygens (including phenoxy) is 1. The van der Waals surface area contributed by atoms with E-state index < -0.39 is 0 Å². The SMILES string of the molecule is CC(C)Oc1ccc(CC2(N)CC2)cc1. The highest BCUT2D eigenvalue weighted by molar-refractivity contribution is 5.29. The fourth-order valence-electron chi connectivity index (χ4n) is 1.70. The van der Waals surface area contributed by atoms with Crippen LogP contribution >= 0.6 is 0 Å². The van der Waals surface area contributed by atoms with Crippen molar-refractivity contribution in [3.8, 4) is 5.75 Å². The molecular weight excluding hydrogens is 186 g/mol. The van der Waals surface area contributed by atoms with Crippen LogP contribution in [0.1, 0.15) is 32.3 Å². The van der Waals surface area contributed by atoms with Crippen molar-refractivity contribution in [1.82, 2.24) is 0 Å². The van der Waals surface area contributed by atoms with Gasteiger partial charge in [-0.05, 0) is 50.8 Å². The van der Waals surface area contributed by atoms with Crippen molar-refractivity contribution in [2.24, 2.45) is 5.73 Å². The van der Waals surface area contributed by atoms with E-state index in [1.165, 1.54) is 5.56 Å². The molecule has 2 rings (SSSR count). The molecule has 1 aliphatic rings. The molecule has 0 aromatic heterocycles. The van der Waals surface area contributed by atoms with E-state index in [-0.39, 0.29) is 11.6 Å². The van der Waals surface area contributed by atoms with E-state index in [1.807, 2.05) is 26.0 Å². The fourth-order valence-corrected chi connectivity index (χ4v) is 1.70. The van der Waals surface area contributed by atoms with Gasteiger partial charge < -0.3 is 10.5 Å². The molecule has 2 heteroatoms. The van der Waals surface area contributed by atoms with Crippen molar-refractivity contribution in [3.63, 3.8) is 0 Å². The highest BCUT2D eigenvalue weighted by Crippen LogP contribution is 2.35. The first kappa shape index (κ1) is 10.5. The van der Waals surface area contributed by atoms with Crippen LogP contribution in [0.2, 0.25) is 0 Å². The smallest absolute Gasteiger partial charge is 0.119 e. The third-order valence-electron chi connectivity index (χ3n) is 2.74. The lowest BCUT2D eigenvalue weighted by molar-refractivity contribution is 0.242. The Kier molecular flexibility index (Phi) is 2.70. The van der Waals surface area contributed by atoms with Crippen molar-refractivity contribution >= 4 is 0 Å². The molecule has 1 aliphatic carbocycles. The van der Waals surface area contributed by atoms with Crippen molar-refractivity contribution in [2.45, 2.75) is 44.8 Å². The number of rotatable bonds is 4. The Morgan fingerprint density at radius 2 is 1.87 bits per heavy atom. The number of hydrogen-bond donors (Lipinski definition) is 1. The minimum Gasteiger partial charge on any atom is -0.491 e. The molecule has 0 radical (unpaired) electrons. The van der Waals surface area contributed by atoms with Crippen molar-refractivity contribution in [3.05, 3.63) is 29.8 Å². The van der Waals surface area contributed by atoms with Crippen LogP contribution in [0.15, 0.2) is 24.3 Å². The molecule has 0 unspecified atom stereocenters. The van der Waals surface area contributed by atoms with Crippen LogP contribution in [0.4, 0.5) is 0 Å². The topological polar surface area (TPSA) is 35.2 Å². The molecule has 0 saturated heterocycles. The van der Waals surface area contributed by atoms with E-state index >= 15 is 0 Å². The second-order valence-electron chi connectivity index (χ2n) is 4.85. The molecule has 1 saturated carbocycles. The Hall–Kier alpha value is -1.02. The first-order valence-electron chi connectivity index (χ1n) is 5.62. The summed E-state index contributed by atoms with van der Waals surface area (Å²) in [6.45, 7) is 4.07. The molecule has 2 N–H and O–H groups in total. The van der Waals surface area contributed by atoms with Gasteiger partial charge in [0.25, 0.3) is 0 Å². The largest absolute Gasteiger partial charge is 0.491 e. The standard InChI is InChI=1S/C13H19NO/c1-10(2)15-12-5-3-11(4-6-12)9-13(14)7-8-13/h3-6,10H,7-9,14H2,1-2H3. The second-order valence-corrected chi connectivity index (χ2v) is 4.85. The number of benzene rings is 1. The summed E-state index contributed by atoms with van der Waals surface area (Å²) in [5.74, 6) is 0.940. The van der Waals surface area contributed by atoms with Gasteiger partial charge in [-0.15, -0.1) is 0 Å². The normalized spacial score (nSPS) is 17.9. The summed E-state index contributed by atoms with van der Waals surface area (Å²) in [5.41, 5.74) is 7.47. The molecule has 0 atom stereocenters. The van der Waals surface area contributed by atoms with Crippen LogP contribution in [-0.4, -0.2) is 11.6 Å². The zero-order valence-electron chi connectivity index (χ0n) is 9.49. The lowest BCUT2D eigenvalue weighted by Gasteiger charge is -2.11. The molecule has 15 heavy (non-hydrogen) atoms. The average molecular weight is 205 g/mol. The molecule has 1 fully saturated rings. The van der Waals surface area contributed by atoms with E-state index in [1.54, 1.807) is 0 Å². The van der Waals surface area contributed by atoms with Gasteiger partial charge in [-0.3, -0.25) is 0 Å². The van der Waals surface area contributed by atoms with Gasteiger partial charge in [0.05, 0.1) is 6.10 Å². The van der Waals surface area contributed by atoms with Crippen LogP contribution in [-0.2, 0) is 6.42 Å². The highest BCUT2D eigenvalue weighted by atomic mass is 16.5.